The van der Waals surface area contributed by atoms with Crippen LogP contribution in [0, 0.1) is 12.8 Å². The topological polar surface area (TPSA) is 12.9 Å². The van der Waals surface area contributed by atoms with Crippen LogP contribution in [0.15, 0.2) is 42.6 Å². The third-order valence-corrected chi connectivity index (χ3v) is 2.40. The van der Waals surface area contributed by atoms with E-state index in [0.29, 0.717) is 16.8 Å². The lowest BCUT2D eigenvalue weighted by atomic mass is 10.0. The highest BCUT2D eigenvalue weighted by atomic mass is 14.7. The van der Waals surface area contributed by atoms with E-state index in [-0.39, 0.29) is 5.92 Å². The fourth-order valence-corrected chi connectivity index (χ4v) is 1.62. The number of rotatable bonds is 3. The fraction of sp³-hybridized carbons (Fsp3) is 0.312. The number of hydrogen-bond donors (Lipinski definition) is 0. The van der Waals surface area contributed by atoms with Crippen molar-refractivity contribution >= 4 is 0 Å². The van der Waals surface area contributed by atoms with Crippen molar-refractivity contribution in [2.45, 2.75) is 27.1 Å². The van der Waals surface area contributed by atoms with Crippen molar-refractivity contribution in [1.29, 1.82) is 0 Å². The molecule has 0 aliphatic heterocycles. The molecule has 1 heterocycles. The van der Waals surface area contributed by atoms with Gasteiger partial charge in [0.05, 0.1) is 5.69 Å². The van der Waals surface area contributed by atoms with Crippen molar-refractivity contribution in [2.24, 2.45) is 5.92 Å². The average molecular weight is 230 g/mol. The predicted molar refractivity (Wildman–Crippen MR) is 73.0 cm³/mol. The summed E-state index contributed by atoms with van der Waals surface area (Å²) in [5, 5.41) is 0. The lowest BCUT2D eigenvalue weighted by Gasteiger charge is -2.06. The highest BCUT2D eigenvalue weighted by Gasteiger charge is 2.01. The second-order valence-electron chi connectivity index (χ2n) is 4.31. The Bertz CT molecular complexity index is 627. The molecule has 0 saturated carbocycles. The van der Waals surface area contributed by atoms with Gasteiger partial charge in [0.2, 0.25) is 0 Å². The molecular weight excluding hydrogens is 206 g/mol. The Balaban J connectivity index is 2.28. The highest BCUT2D eigenvalue weighted by molar-refractivity contribution is 5.59. The van der Waals surface area contributed by atoms with E-state index in [9.17, 15) is 0 Å². The van der Waals surface area contributed by atoms with Gasteiger partial charge in [0.1, 0.15) is 0 Å². The molecule has 0 spiro atoms. The maximum atomic E-state index is 8.06. The van der Waals surface area contributed by atoms with Gasteiger partial charge < -0.3 is 0 Å². The Morgan fingerprint density at radius 3 is 2.47 bits per heavy atom. The molecule has 0 saturated heterocycles. The van der Waals surface area contributed by atoms with E-state index in [1.54, 1.807) is 42.6 Å². The smallest absolute Gasteiger partial charge is 0.0702 e. The number of aromatic nitrogens is 1. The molecule has 1 heteroatoms. The van der Waals surface area contributed by atoms with Gasteiger partial charge in [-0.25, -0.2) is 0 Å². The van der Waals surface area contributed by atoms with E-state index < -0.39 is 13.2 Å². The Hall–Kier alpha value is -1.63. The Labute approximate surface area is 111 Å². The van der Waals surface area contributed by atoms with E-state index in [4.69, 9.17) is 6.85 Å². The molecule has 2 rings (SSSR count). The number of pyridine rings is 1. The third-order valence-electron chi connectivity index (χ3n) is 2.40. The molecule has 0 N–H and O–H groups in total. The van der Waals surface area contributed by atoms with Gasteiger partial charge in [-0.1, -0.05) is 49.7 Å². The lowest BCUT2D eigenvalue weighted by Crippen LogP contribution is -1.95. The summed E-state index contributed by atoms with van der Waals surface area (Å²) in [5.41, 5.74) is 2.35. The molecule has 0 aliphatic rings. The summed E-state index contributed by atoms with van der Waals surface area (Å²) < 4.78 is 38.2. The molecule has 0 aliphatic carbocycles. The summed E-state index contributed by atoms with van der Waals surface area (Å²) in [4.78, 5) is 4.31. The minimum absolute atomic E-state index is 0.140. The van der Waals surface area contributed by atoms with Crippen LogP contribution in [0.25, 0.3) is 11.3 Å². The second kappa shape index (κ2) is 5.13. The zero-order chi connectivity index (χ0) is 16.5. The molecule has 0 bridgehead atoms. The summed E-state index contributed by atoms with van der Waals surface area (Å²) in [6.45, 7) is 1.56. The van der Waals surface area contributed by atoms with Crippen LogP contribution in [0.1, 0.15) is 31.8 Å². The molecule has 1 aromatic heterocycles. The van der Waals surface area contributed by atoms with Crippen LogP contribution < -0.4 is 0 Å². The Kier molecular flexibility index (Phi) is 2.10. The van der Waals surface area contributed by atoms with E-state index >= 15 is 0 Å². The zero-order valence-corrected chi connectivity index (χ0v) is 10.1. The standard InChI is InChI=1S/C16H19N/c1-12(2)10-14-6-9-16(17-11-14)15-7-4-13(3)5-8-15/h4-9,11-12H,10H2,1-3H3/i3D3,10D2. The summed E-state index contributed by atoms with van der Waals surface area (Å²) in [7, 11) is 0. The summed E-state index contributed by atoms with van der Waals surface area (Å²) in [6.07, 6.45) is 0.129. The van der Waals surface area contributed by atoms with Gasteiger partial charge in [0.15, 0.2) is 0 Å². The molecule has 2 aromatic rings. The molecular formula is C16H19N. The SMILES string of the molecule is [2H]C([2H])([2H])c1ccc(-c2ccc(C([2H])([2H])C(C)C)cn2)cc1. The molecule has 0 radical (unpaired) electrons. The van der Waals surface area contributed by atoms with E-state index in [1.807, 2.05) is 13.8 Å². The molecule has 88 valence electrons. The van der Waals surface area contributed by atoms with Crippen molar-refractivity contribution in [3.8, 4) is 11.3 Å². The first-order valence-corrected chi connectivity index (χ1v) is 5.70. The molecule has 0 amide bonds. The van der Waals surface area contributed by atoms with E-state index in [2.05, 4.69) is 4.98 Å². The van der Waals surface area contributed by atoms with Gasteiger partial charge >= 0.3 is 0 Å². The van der Waals surface area contributed by atoms with Gasteiger partial charge in [0, 0.05) is 18.6 Å². The van der Waals surface area contributed by atoms with Crippen molar-refractivity contribution in [3.05, 3.63) is 53.7 Å². The van der Waals surface area contributed by atoms with Crippen LogP contribution >= 0.6 is 0 Å². The molecule has 0 fully saturated rings. The van der Waals surface area contributed by atoms with E-state index in [0.717, 1.165) is 5.56 Å². The van der Waals surface area contributed by atoms with Crippen molar-refractivity contribution < 1.29 is 6.85 Å². The minimum atomic E-state index is -2.11. The largest absolute Gasteiger partial charge is 0.256 e. The Morgan fingerprint density at radius 2 is 1.94 bits per heavy atom. The normalized spacial score (nSPS) is 16.8. The average Bonchev–Trinajstić information content (AvgIpc) is 2.46. The fourth-order valence-electron chi connectivity index (χ4n) is 1.62. The Morgan fingerprint density at radius 1 is 1.18 bits per heavy atom. The van der Waals surface area contributed by atoms with E-state index in [1.165, 1.54) is 0 Å². The molecule has 1 aromatic carbocycles. The lowest BCUT2D eigenvalue weighted by molar-refractivity contribution is 0.646. The van der Waals surface area contributed by atoms with Gasteiger partial charge in [-0.3, -0.25) is 4.98 Å². The van der Waals surface area contributed by atoms with Gasteiger partial charge in [0.25, 0.3) is 0 Å². The summed E-state index contributed by atoms with van der Waals surface area (Å²) in [5.74, 6) is -0.140. The number of hydrogen-bond acceptors (Lipinski definition) is 1. The van der Waals surface area contributed by atoms with Crippen LogP contribution in [0.5, 0.6) is 0 Å². The highest BCUT2D eigenvalue weighted by Crippen LogP contribution is 2.18. The summed E-state index contributed by atoms with van der Waals surface area (Å²) >= 11 is 0. The molecule has 1 nitrogen and oxygen atoms in total. The summed E-state index contributed by atoms with van der Waals surface area (Å²) in [6, 6.07) is 10.1. The van der Waals surface area contributed by atoms with Crippen LogP contribution in [-0.4, -0.2) is 4.98 Å². The van der Waals surface area contributed by atoms with Crippen molar-refractivity contribution in [2.75, 3.05) is 0 Å². The second-order valence-corrected chi connectivity index (χ2v) is 4.31. The van der Waals surface area contributed by atoms with Crippen LogP contribution in [0.3, 0.4) is 0 Å². The maximum absolute atomic E-state index is 8.06. The van der Waals surface area contributed by atoms with Gasteiger partial charge in [-0.15, -0.1) is 0 Å². The first-order chi connectivity index (χ1) is 10.1. The third kappa shape index (κ3) is 3.16. The first-order valence-electron chi connectivity index (χ1n) is 8.20. The number of benzene rings is 1. The van der Waals surface area contributed by atoms with Crippen LogP contribution in [0.2, 0.25) is 0 Å². The van der Waals surface area contributed by atoms with Gasteiger partial charge in [-0.2, -0.15) is 0 Å². The van der Waals surface area contributed by atoms with Crippen LogP contribution in [-0.2, 0) is 6.37 Å². The maximum Gasteiger partial charge on any atom is 0.0702 e. The quantitative estimate of drug-likeness (QED) is 0.768. The van der Waals surface area contributed by atoms with Crippen molar-refractivity contribution in [3.63, 3.8) is 0 Å². The first kappa shape index (κ1) is 6.95. The molecule has 17 heavy (non-hydrogen) atoms. The van der Waals surface area contributed by atoms with Crippen LogP contribution in [0.4, 0.5) is 0 Å². The monoisotopic (exact) mass is 230 g/mol. The molecule has 0 atom stereocenters. The van der Waals surface area contributed by atoms with Crippen molar-refractivity contribution in [1.82, 2.24) is 4.98 Å². The van der Waals surface area contributed by atoms with Gasteiger partial charge in [-0.05, 0) is 30.8 Å². The number of aryl methyl sites for hydroxylation is 1. The minimum Gasteiger partial charge on any atom is -0.256 e. The zero-order valence-electron chi connectivity index (χ0n) is 15.1. The number of nitrogens with zero attached hydrogens (tertiary/aromatic N) is 1. The molecule has 0 unspecified atom stereocenters. The predicted octanol–water partition coefficient (Wildman–Crippen LogP) is 4.26.